The molecule has 76 valence electrons. The van der Waals surface area contributed by atoms with Gasteiger partial charge in [0.1, 0.15) is 0 Å². The van der Waals surface area contributed by atoms with Crippen molar-refractivity contribution in [2.75, 3.05) is 26.7 Å². The number of likely N-dealkylation sites (tertiary alicyclic amines) is 1. The SMILES string of the molecule is CN1CCC2(C(F)F)CNCCC12. The van der Waals surface area contributed by atoms with Crippen molar-refractivity contribution in [2.24, 2.45) is 5.41 Å². The van der Waals surface area contributed by atoms with E-state index in [0.29, 0.717) is 13.0 Å². The predicted molar refractivity (Wildman–Crippen MR) is 47.0 cm³/mol. The fraction of sp³-hybridized carbons (Fsp3) is 1.00. The summed E-state index contributed by atoms with van der Waals surface area (Å²) in [5.74, 6) is 0. The number of fused-ring (bicyclic) bond motifs is 1. The average molecular weight is 190 g/mol. The number of halogens is 2. The molecule has 0 radical (unpaired) electrons. The largest absolute Gasteiger partial charge is 0.316 e. The summed E-state index contributed by atoms with van der Waals surface area (Å²) in [7, 11) is 1.96. The van der Waals surface area contributed by atoms with Gasteiger partial charge in [-0.1, -0.05) is 0 Å². The molecule has 2 unspecified atom stereocenters. The Morgan fingerprint density at radius 3 is 2.92 bits per heavy atom. The van der Waals surface area contributed by atoms with Crippen molar-refractivity contribution in [3.05, 3.63) is 0 Å². The van der Waals surface area contributed by atoms with Crippen molar-refractivity contribution in [1.82, 2.24) is 10.2 Å². The van der Waals surface area contributed by atoms with E-state index < -0.39 is 11.8 Å². The average Bonchev–Trinajstić information content (AvgIpc) is 2.46. The minimum absolute atomic E-state index is 0.0914. The minimum atomic E-state index is -2.18. The number of nitrogens with zero attached hydrogens (tertiary/aromatic N) is 1. The van der Waals surface area contributed by atoms with Gasteiger partial charge in [-0.3, -0.25) is 0 Å². The first kappa shape index (κ1) is 9.34. The van der Waals surface area contributed by atoms with E-state index in [9.17, 15) is 8.78 Å². The molecule has 13 heavy (non-hydrogen) atoms. The Morgan fingerprint density at radius 1 is 1.54 bits per heavy atom. The fourth-order valence-electron chi connectivity index (χ4n) is 2.75. The lowest BCUT2D eigenvalue weighted by Crippen LogP contribution is -2.54. The second-order valence-electron chi connectivity index (χ2n) is 4.25. The molecule has 2 nitrogen and oxygen atoms in total. The van der Waals surface area contributed by atoms with Gasteiger partial charge in [0.25, 0.3) is 0 Å². The summed E-state index contributed by atoms with van der Waals surface area (Å²) in [6.45, 7) is 2.18. The van der Waals surface area contributed by atoms with Gasteiger partial charge in [0.15, 0.2) is 0 Å². The topological polar surface area (TPSA) is 15.3 Å². The molecule has 2 rings (SSSR count). The lowest BCUT2D eigenvalue weighted by molar-refractivity contribution is -0.0390. The maximum atomic E-state index is 13.0. The van der Waals surface area contributed by atoms with E-state index in [0.717, 1.165) is 19.5 Å². The molecule has 2 aliphatic heterocycles. The van der Waals surface area contributed by atoms with Crippen LogP contribution in [0.5, 0.6) is 0 Å². The van der Waals surface area contributed by atoms with Crippen LogP contribution in [0.15, 0.2) is 0 Å². The van der Waals surface area contributed by atoms with Crippen molar-refractivity contribution < 1.29 is 8.78 Å². The fourth-order valence-corrected chi connectivity index (χ4v) is 2.75. The van der Waals surface area contributed by atoms with Gasteiger partial charge >= 0.3 is 0 Å². The lowest BCUT2D eigenvalue weighted by Gasteiger charge is -2.40. The first-order valence-corrected chi connectivity index (χ1v) is 4.86. The smallest absolute Gasteiger partial charge is 0.246 e. The minimum Gasteiger partial charge on any atom is -0.316 e. The molecule has 4 heteroatoms. The van der Waals surface area contributed by atoms with E-state index in [4.69, 9.17) is 0 Å². The Labute approximate surface area is 77.3 Å². The highest BCUT2D eigenvalue weighted by atomic mass is 19.3. The molecule has 0 saturated carbocycles. The van der Waals surface area contributed by atoms with Gasteiger partial charge < -0.3 is 10.2 Å². The summed E-state index contributed by atoms with van der Waals surface area (Å²) in [5, 5.41) is 3.09. The number of nitrogens with one attached hydrogen (secondary N) is 1. The van der Waals surface area contributed by atoms with Crippen molar-refractivity contribution >= 4 is 0 Å². The van der Waals surface area contributed by atoms with Crippen LogP contribution in [0, 0.1) is 5.41 Å². The Morgan fingerprint density at radius 2 is 2.31 bits per heavy atom. The molecule has 2 fully saturated rings. The van der Waals surface area contributed by atoms with E-state index in [1.165, 1.54) is 0 Å². The monoisotopic (exact) mass is 190 g/mol. The van der Waals surface area contributed by atoms with Gasteiger partial charge in [-0.2, -0.15) is 0 Å². The molecule has 0 amide bonds. The normalized spacial score (nSPS) is 41.1. The highest BCUT2D eigenvalue weighted by Crippen LogP contribution is 2.43. The van der Waals surface area contributed by atoms with Crippen LogP contribution in [-0.2, 0) is 0 Å². The molecule has 0 aliphatic carbocycles. The van der Waals surface area contributed by atoms with Gasteiger partial charge in [-0.05, 0) is 33.0 Å². The van der Waals surface area contributed by atoms with Crippen molar-refractivity contribution in [3.63, 3.8) is 0 Å². The van der Waals surface area contributed by atoms with E-state index in [2.05, 4.69) is 10.2 Å². The van der Waals surface area contributed by atoms with E-state index in [1.54, 1.807) is 0 Å². The van der Waals surface area contributed by atoms with Gasteiger partial charge in [0.2, 0.25) is 6.43 Å². The van der Waals surface area contributed by atoms with Gasteiger partial charge in [0, 0.05) is 12.6 Å². The molecule has 0 aromatic carbocycles. The molecule has 2 atom stereocenters. The number of piperidine rings is 1. The Bertz CT molecular complexity index is 194. The van der Waals surface area contributed by atoms with E-state index >= 15 is 0 Å². The summed E-state index contributed by atoms with van der Waals surface area (Å²) in [6.07, 6.45) is -0.685. The van der Waals surface area contributed by atoms with Gasteiger partial charge in [0.05, 0.1) is 5.41 Å². The quantitative estimate of drug-likeness (QED) is 0.662. The highest BCUT2D eigenvalue weighted by Gasteiger charge is 2.53. The number of alkyl halides is 2. The zero-order valence-corrected chi connectivity index (χ0v) is 7.89. The second-order valence-corrected chi connectivity index (χ2v) is 4.25. The molecule has 0 bridgehead atoms. The van der Waals surface area contributed by atoms with Gasteiger partial charge in [-0.15, -0.1) is 0 Å². The van der Waals surface area contributed by atoms with Crippen LogP contribution in [0.3, 0.4) is 0 Å². The predicted octanol–water partition coefficient (Wildman–Crippen LogP) is 0.935. The van der Waals surface area contributed by atoms with Crippen LogP contribution in [0.2, 0.25) is 0 Å². The van der Waals surface area contributed by atoms with Crippen LogP contribution >= 0.6 is 0 Å². The Hall–Kier alpha value is -0.220. The van der Waals surface area contributed by atoms with E-state index in [1.807, 2.05) is 7.05 Å². The first-order chi connectivity index (χ1) is 6.17. The molecular formula is C9H16F2N2. The molecule has 2 heterocycles. The van der Waals surface area contributed by atoms with Crippen molar-refractivity contribution in [3.8, 4) is 0 Å². The molecule has 1 N–H and O–H groups in total. The van der Waals surface area contributed by atoms with Gasteiger partial charge in [-0.25, -0.2) is 8.78 Å². The maximum Gasteiger partial charge on any atom is 0.246 e. The molecule has 0 aromatic rings. The summed E-state index contributed by atoms with van der Waals surface area (Å²) < 4.78 is 25.9. The third-order valence-electron chi connectivity index (χ3n) is 3.61. The number of hydrogen-bond donors (Lipinski definition) is 1. The third-order valence-corrected chi connectivity index (χ3v) is 3.61. The summed E-state index contributed by atoms with van der Waals surface area (Å²) >= 11 is 0. The summed E-state index contributed by atoms with van der Waals surface area (Å²) in [6, 6.07) is 0.0914. The van der Waals surface area contributed by atoms with Crippen LogP contribution < -0.4 is 5.32 Å². The van der Waals surface area contributed by atoms with Crippen LogP contribution in [0.4, 0.5) is 8.78 Å². The molecule has 2 saturated heterocycles. The lowest BCUT2D eigenvalue weighted by atomic mass is 9.77. The standard InChI is InChI=1S/C9H16F2N2/c1-13-5-3-9(8(10)11)6-12-4-2-7(9)13/h7-8,12H,2-6H2,1H3. The zero-order chi connectivity index (χ0) is 9.47. The first-order valence-electron chi connectivity index (χ1n) is 4.86. The van der Waals surface area contributed by atoms with Crippen LogP contribution in [-0.4, -0.2) is 44.0 Å². The number of rotatable bonds is 1. The summed E-state index contributed by atoms with van der Waals surface area (Å²) in [4.78, 5) is 2.09. The summed E-state index contributed by atoms with van der Waals surface area (Å²) in [5.41, 5.74) is -0.757. The zero-order valence-electron chi connectivity index (χ0n) is 7.89. The van der Waals surface area contributed by atoms with Crippen molar-refractivity contribution in [1.29, 1.82) is 0 Å². The van der Waals surface area contributed by atoms with Crippen LogP contribution in [0.1, 0.15) is 12.8 Å². The third kappa shape index (κ3) is 1.27. The number of hydrogen-bond acceptors (Lipinski definition) is 2. The Kier molecular flexibility index (Phi) is 2.28. The molecule has 0 spiro atoms. The molecule has 0 aromatic heterocycles. The molecule has 2 aliphatic rings. The highest BCUT2D eigenvalue weighted by molar-refractivity contribution is 5.03. The van der Waals surface area contributed by atoms with Crippen molar-refractivity contribution in [2.45, 2.75) is 25.3 Å². The molecular weight excluding hydrogens is 174 g/mol. The Balaban J connectivity index is 2.22. The van der Waals surface area contributed by atoms with Crippen LogP contribution in [0.25, 0.3) is 0 Å². The second kappa shape index (κ2) is 3.17. The maximum absolute atomic E-state index is 13.0. The van der Waals surface area contributed by atoms with E-state index in [-0.39, 0.29) is 6.04 Å².